The summed E-state index contributed by atoms with van der Waals surface area (Å²) in [6.45, 7) is 2.34. The Balaban J connectivity index is 2.98. The molecule has 0 radical (unpaired) electrons. The smallest absolute Gasteiger partial charge is 0.256 e. The fraction of sp³-hybridized carbons (Fsp3) is 0.222. The fourth-order valence-electron chi connectivity index (χ4n) is 0.934. The fourth-order valence-corrected chi connectivity index (χ4v) is 1.09. The van der Waals surface area contributed by atoms with Crippen LogP contribution in [0.4, 0.5) is 0 Å². The van der Waals surface area contributed by atoms with Gasteiger partial charge in [0, 0.05) is 6.07 Å². The zero-order valence-electron chi connectivity index (χ0n) is 7.08. The van der Waals surface area contributed by atoms with Gasteiger partial charge in [0.25, 0.3) is 5.24 Å². The highest BCUT2D eigenvalue weighted by Crippen LogP contribution is 2.24. The van der Waals surface area contributed by atoms with E-state index in [2.05, 4.69) is 0 Å². The molecule has 0 spiro atoms. The molecule has 0 aliphatic carbocycles. The number of phenolic OH excluding ortho intramolecular Hbond substituents is 1. The summed E-state index contributed by atoms with van der Waals surface area (Å²) in [5.74, 6) is 0.354. The lowest BCUT2D eigenvalue weighted by Crippen LogP contribution is -1.93. The Morgan fingerprint density at radius 3 is 2.77 bits per heavy atom. The molecule has 0 heterocycles. The topological polar surface area (TPSA) is 46.5 Å². The van der Waals surface area contributed by atoms with Crippen molar-refractivity contribution in [2.24, 2.45) is 0 Å². The van der Waals surface area contributed by atoms with Crippen LogP contribution in [-0.2, 0) is 0 Å². The van der Waals surface area contributed by atoms with Crippen molar-refractivity contribution >= 4 is 16.8 Å². The molecule has 0 saturated heterocycles. The summed E-state index contributed by atoms with van der Waals surface area (Å²) in [5.41, 5.74) is 0.0881. The van der Waals surface area contributed by atoms with Gasteiger partial charge < -0.3 is 9.84 Å². The van der Waals surface area contributed by atoms with E-state index in [0.717, 1.165) is 0 Å². The van der Waals surface area contributed by atoms with Gasteiger partial charge in [-0.25, -0.2) is 0 Å². The maximum atomic E-state index is 10.7. The molecule has 1 aromatic carbocycles. The van der Waals surface area contributed by atoms with Crippen molar-refractivity contribution in [3.8, 4) is 11.5 Å². The van der Waals surface area contributed by atoms with Crippen molar-refractivity contribution in [3.63, 3.8) is 0 Å². The first-order chi connectivity index (χ1) is 6.15. The Morgan fingerprint density at radius 1 is 1.62 bits per heavy atom. The van der Waals surface area contributed by atoms with E-state index in [-0.39, 0.29) is 11.3 Å². The lowest BCUT2D eigenvalue weighted by Gasteiger charge is -2.04. The van der Waals surface area contributed by atoms with Gasteiger partial charge in [-0.2, -0.15) is 0 Å². The Morgan fingerprint density at radius 2 is 2.31 bits per heavy atom. The van der Waals surface area contributed by atoms with Crippen LogP contribution in [0.15, 0.2) is 18.2 Å². The number of benzene rings is 1. The molecule has 0 aliphatic heterocycles. The van der Waals surface area contributed by atoms with Gasteiger partial charge in [0.05, 0.1) is 12.2 Å². The summed E-state index contributed by atoms with van der Waals surface area (Å²) in [5, 5.41) is 8.62. The van der Waals surface area contributed by atoms with Crippen molar-refractivity contribution in [3.05, 3.63) is 23.8 Å². The molecule has 1 aromatic rings. The molecular weight excluding hydrogens is 192 g/mol. The first-order valence-electron chi connectivity index (χ1n) is 3.80. The molecule has 0 bridgehead atoms. The summed E-state index contributed by atoms with van der Waals surface area (Å²) in [6.07, 6.45) is 0. The number of hydrogen-bond donors (Lipinski definition) is 1. The third-order valence-corrected chi connectivity index (χ3v) is 1.70. The van der Waals surface area contributed by atoms with Gasteiger partial charge in [0.1, 0.15) is 11.5 Å². The normalized spacial score (nSPS) is 9.69. The molecule has 0 unspecified atom stereocenters. The Bertz CT molecular complexity index is 323. The second kappa shape index (κ2) is 4.14. The maximum Gasteiger partial charge on any atom is 0.256 e. The molecule has 1 rings (SSSR count). The number of carbonyl (C=O) groups excluding carboxylic acids is 1. The minimum absolute atomic E-state index is 0.0881. The number of phenols is 1. The second-order valence-corrected chi connectivity index (χ2v) is 2.73. The van der Waals surface area contributed by atoms with Crippen LogP contribution in [0.5, 0.6) is 11.5 Å². The van der Waals surface area contributed by atoms with Crippen LogP contribution in [0.3, 0.4) is 0 Å². The Labute approximate surface area is 80.9 Å². The third-order valence-electron chi connectivity index (χ3n) is 1.49. The molecule has 3 nitrogen and oxygen atoms in total. The van der Waals surface area contributed by atoms with Crippen LogP contribution < -0.4 is 4.74 Å². The summed E-state index contributed by atoms with van der Waals surface area (Å²) < 4.78 is 5.11. The molecule has 0 aliphatic rings. The number of rotatable bonds is 3. The highest BCUT2D eigenvalue weighted by molar-refractivity contribution is 6.68. The number of halogens is 1. The van der Waals surface area contributed by atoms with E-state index in [1.165, 1.54) is 12.1 Å². The van der Waals surface area contributed by atoms with Crippen molar-refractivity contribution in [1.82, 2.24) is 0 Å². The van der Waals surface area contributed by atoms with E-state index in [0.29, 0.717) is 12.4 Å². The lowest BCUT2D eigenvalue weighted by molar-refractivity contribution is 0.107. The minimum Gasteiger partial charge on any atom is -0.507 e. The van der Waals surface area contributed by atoms with Gasteiger partial charge in [-0.05, 0) is 30.7 Å². The first-order valence-corrected chi connectivity index (χ1v) is 4.18. The van der Waals surface area contributed by atoms with Crippen LogP contribution in [0.2, 0.25) is 0 Å². The van der Waals surface area contributed by atoms with Gasteiger partial charge in [-0.15, -0.1) is 0 Å². The van der Waals surface area contributed by atoms with Crippen LogP contribution in [0, 0.1) is 0 Å². The SMILES string of the molecule is CCOc1ccc(C(=O)Cl)c(O)c1. The first kappa shape index (κ1) is 9.86. The minimum atomic E-state index is -0.680. The second-order valence-electron chi connectivity index (χ2n) is 2.39. The lowest BCUT2D eigenvalue weighted by atomic mass is 10.2. The molecule has 0 aromatic heterocycles. The molecular formula is C9H9ClO3. The van der Waals surface area contributed by atoms with Gasteiger partial charge in [-0.3, -0.25) is 4.79 Å². The molecule has 0 fully saturated rings. The Kier molecular flexibility index (Phi) is 3.14. The predicted octanol–water partition coefficient (Wildman–Crippen LogP) is 2.17. The van der Waals surface area contributed by atoms with E-state index in [4.69, 9.17) is 16.3 Å². The molecule has 13 heavy (non-hydrogen) atoms. The third kappa shape index (κ3) is 2.36. The maximum absolute atomic E-state index is 10.7. The standard InChI is InChI=1S/C9H9ClO3/c1-2-13-6-3-4-7(9(10)12)8(11)5-6/h3-5,11H,2H2,1H3. The zero-order valence-corrected chi connectivity index (χ0v) is 7.84. The monoisotopic (exact) mass is 200 g/mol. The van der Waals surface area contributed by atoms with Crippen LogP contribution in [-0.4, -0.2) is 17.0 Å². The van der Waals surface area contributed by atoms with Crippen molar-refractivity contribution < 1.29 is 14.6 Å². The van der Waals surface area contributed by atoms with Crippen LogP contribution in [0.25, 0.3) is 0 Å². The van der Waals surface area contributed by atoms with Gasteiger partial charge >= 0.3 is 0 Å². The van der Waals surface area contributed by atoms with Crippen LogP contribution in [0.1, 0.15) is 17.3 Å². The summed E-state index contributed by atoms with van der Waals surface area (Å²) in [4.78, 5) is 10.7. The average molecular weight is 201 g/mol. The average Bonchev–Trinajstić information content (AvgIpc) is 2.04. The molecule has 4 heteroatoms. The largest absolute Gasteiger partial charge is 0.507 e. The highest BCUT2D eigenvalue weighted by atomic mass is 35.5. The quantitative estimate of drug-likeness (QED) is 0.761. The molecule has 0 amide bonds. The predicted molar refractivity (Wildman–Crippen MR) is 49.5 cm³/mol. The molecule has 70 valence electrons. The number of hydrogen-bond acceptors (Lipinski definition) is 3. The van der Waals surface area contributed by atoms with E-state index in [1.807, 2.05) is 6.92 Å². The zero-order chi connectivity index (χ0) is 9.84. The van der Waals surface area contributed by atoms with Crippen molar-refractivity contribution in [1.29, 1.82) is 0 Å². The summed E-state index contributed by atoms with van der Waals surface area (Å²) >= 11 is 5.20. The number of carbonyl (C=O) groups is 1. The van der Waals surface area contributed by atoms with Gasteiger partial charge in [0.2, 0.25) is 0 Å². The highest BCUT2D eigenvalue weighted by Gasteiger charge is 2.08. The number of aromatic hydroxyl groups is 1. The van der Waals surface area contributed by atoms with E-state index >= 15 is 0 Å². The van der Waals surface area contributed by atoms with E-state index < -0.39 is 5.24 Å². The number of ether oxygens (including phenoxy) is 1. The summed E-state index contributed by atoms with van der Waals surface area (Å²) in [6, 6.07) is 4.37. The van der Waals surface area contributed by atoms with Crippen molar-refractivity contribution in [2.45, 2.75) is 6.92 Å². The van der Waals surface area contributed by atoms with Crippen LogP contribution >= 0.6 is 11.6 Å². The summed E-state index contributed by atoms with van der Waals surface area (Å²) in [7, 11) is 0. The van der Waals surface area contributed by atoms with Gasteiger partial charge in [0.15, 0.2) is 0 Å². The van der Waals surface area contributed by atoms with Crippen molar-refractivity contribution in [2.75, 3.05) is 6.61 Å². The Hall–Kier alpha value is -1.22. The van der Waals surface area contributed by atoms with Gasteiger partial charge in [-0.1, -0.05) is 0 Å². The van der Waals surface area contributed by atoms with E-state index in [1.54, 1.807) is 6.07 Å². The molecule has 0 atom stereocenters. The van der Waals surface area contributed by atoms with E-state index in [9.17, 15) is 9.90 Å². The molecule has 0 saturated carbocycles. The molecule has 1 N–H and O–H groups in total.